The van der Waals surface area contributed by atoms with Crippen LogP contribution >= 0.6 is 11.6 Å². The standard InChI is InChI=1S/C16H22ClN5/c1-2-21-7-9-22(10-8-21)6-5-18-16-14-4-3-13(17)11-15(14)19-12-20-16/h3-4,11-12H,2,5-10H2,1H3,(H,18,19,20). The Labute approximate surface area is 136 Å². The van der Waals surface area contributed by atoms with Gasteiger partial charge in [0, 0.05) is 49.7 Å². The summed E-state index contributed by atoms with van der Waals surface area (Å²) >= 11 is 6.01. The summed E-state index contributed by atoms with van der Waals surface area (Å²) < 4.78 is 0. The molecule has 0 saturated carbocycles. The SMILES string of the molecule is CCN1CCN(CCNc2ncnc3cc(Cl)ccc23)CC1. The molecule has 0 bridgehead atoms. The normalized spacial score (nSPS) is 17.0. The first-order valence-corrected chi connectivity index (χ1v) is 8.23. The van der Waals surface area contributed by atoms with Crippen molar-refractivity contribution < 1.29 is 0 Å². The van der Waals surface area contributed by atoms with Crippen LogP contribution in [-0.2, 0) is 0 Å². The molecule has 1 saturated heterocycles. The highest BCUT2D eigenvalue weighted by Crippen LogP contribution is 2.22. The van der Waals surface area contributed by atoms with Gasteiger partial charge in [0.2, 0.25) is 0 Å². The molecule has 2 aromatic rings. The van der Waals surface area contributed by atoms with Crippen LogP contribution < -0.4 is 5.32 Å². The molecular weight excluding hydrogens is 298 g/mol. The zero-order valence-corrected chi connectivity index (χ0v) is 13.7. The zero-order valence-electron chi connectivity index (χ0n) is 12.9. The van der Waals surface area contributed by atoms with Crippen molar-refractivity contribution in [2.45, 2.75) is 6.92 Å². The van der Waals surface area contributed by atoms with Crippen LogP contribution in [0.2, 0.25) is 5.02 Å². The van der Waals surface area contributed by atoms with Crippen molar-refractivity contribution in [2.75, 3.05) is 51.1 Å². The van der Waals surface area contributed by atoms with Crippen molar-refractivity contribution in [1.29, 1.82) is 0 Å². The van der Waals surface area contributed by atoms with Crippen LogP contribution in [0.1, 0.15) is 6.92 Å². The van der Waals surface area contributed by atoms with E-state index in [1.165, 1.54) is 13.1 Å². The molecule has 1 aromatic heterocycles. The Balaban J connectivity index is 1.56. The number of benzene rings is 1. The monoisotopic (exact) mass is 319 g/mol. The Kier molecular flexibility index (Phi) is 5.08. The van der Waals surface area contributed by atoms with Crippen molar-refractivity contribution in [3.05, 3.63) is 29.5 Å². The average Bonchev–Trinajstić information content (AvgIpc) is 2.55. The number of rotatable bonds is 5. The van der Waals surface area contributed by atoms with Crippen LogP contribution in [-0.4, -0.2) is 65.6 Å². The van der Waals surface area contributed by atoms with Crippen molar-refractivity contribution in [3.8, 4) is 0 Å². The Morgan fingerprint density at radius 3 is 2.68 bits per heavy atom. The summed E-state index contributed by atoms with van der Waals surface area (Å²) in [5.41, 5.74) is 0.876. The highest BCUT2D eigenvalue weighted by atomic mass is 35.5. The largest absolute Gasteiger partial charge is 0.368 e. The number of anilines is 1. The first-order valence-electron chi connectivity index (χ1n) is 7.85. The molecule has 0 atom stereocenters. The van der Waals surface area contributed by atoms with Gasteiger partial charge in [-0.3, -0.25) is 4.90 Å². The summed E-state index contributed by atoms with van der Waals surface area (Å²) in [7, 11) is 0. The first-order chi connectivity index (χ1) is 10.8. The second kappa shape index (κ2) is 7.22. The van der Waals surface area contributed by atoms with Gasteiger partial charge in [-0.05, 0) is 24.7 Å². The molecule has 3 rings (SSSR count). The molecule has 0 aliphatic carbocycles. The lowest BCUT2D eigenvalue weighted by Gasteiger charge is -2.34. The minimum Gasteiger partial charge on any atom is -0.368 e. The van der Waals surface area contributed by atoms with E-state index in [9.17, 15) is 0 Å². The molecule has 2 heterocycles. The number of hydrogen-bond donors (Lipinski definition) is 1. The van der Waals surface area contributed by atoms with Crippen LogP contribution in [0, 0.1) is 0 Å². The van der Waals surface area contributed by atoms with Gasteiger partial charge in [-0.1, -0.05) is 18.5 Å². The Hall–Kier alpha value is -1.43. The molecule has 0 amide bonds. The molecule has 1 aliphatic rings. The quantitative estimate of drug-likeness (QED) is 0.916. The number of piperazine rings is 1. The van der Waals surface area contributed by atoms with E-state index in [2.05, 4.69) is 32.0 Å². The summed E-state index contributed by atoms with van der Waals surface area (Å²) in [6.45, 7) is 9.95. The third kappa shape index (κ3) is 3.66. The second-order valence-corrected chi connectivity index (χ2v) is 6.02. The van der Waals surface area contributed by atoms with E-state index in [4.69, 9.17) is 11.6 Å². The average molecular weight is 320 g/mol. The number of aromatic nitrogens is 2. The Morgan fingerprint density at radius 1 is 1.14 bits per heavy atom. The lowest BCUT2D eigenvalue weighted by atomic mass is 10.2. The summed E-state index contributed by atoms with van der Waals surface area (Å²) in [6.07, 6.45) is 1.58. The van der Waals surface area contributed by atoms with Gasteiger partial charge in [0.25, 0.3) is 0 Å². The summed E-state index contributed by atoms with van der Waals surface area (Å²) in [5, 5.41) is 5.15. The molecule has 0 unspecified atom stereocenters. The van der Waals surface area contributed by atoms with Gasteiger partial charge in [-0.15, -0.1) is 0 Å². The second-order valence-electron chi connectivity index (χ2n) is 5.59. The number of halogens is 1. The minimum absolute atomic E-state index is 0.700. The van der Waals surface area contributed by atoms with Crippen LogP contribution in [0.15, 0.2) is 24.5 Å². The molecule has 0 radical (unpaired) electrons. The molecule has 1 fully saturated rings. The lowest BCUT2D eigenvalue weighted by molar-refractivity contribution is 0.141. The summed E-state index contributed by atoms with van der Waals surface area (Å²) in [5.74, 6) is 0.883. The van der Waals surface area contributed by atoms with E-state index in [-0.39, 0.29) is 0 Å². The summed E-state index contributed by atoms with van der Waals surface area (Å²) in [4.78, 5) is 13.6. The topological polar surface area (TPSA) is 44.3 Å². The van der Waals surface area contributed by atoms with E-state index in [0.717, 1.165) is 49.4 Å². The number of fused-ring (bicyclic) bond motifs is 1. The van der Waals surface area contributed by atoms with Gasteiger partial charge < -0.3 is 10.2 Å². The Morgan fingerprint density at radius 2 is 1.91 bits per heavy atom. The van der Waals surface area contributed by atoms with Crippen LogP contribution in [0.4, 0.5) is 5.82 Å². The van der Waals surface area contributed by atoms with Gasteiger partial charge in [0.15, 0.2) is 0 Å². The Bertz CT molecular complexity index is 625. The number of nitrogens with zero attached hydrogens (tertiary/aromatic N) is 4. The van der Waals surface area contributed by atoms with Gasteiger partial charge in [0.1, 0.15) is 12.1 Å². The first kappa shape index (κ1) is 15.5. The predicted octanol–water partition coefficient (Wildman–Crippen LogP) is 2.33. The fourth-order valence-corrected chi connectivity index (χ4v) is 3.00. The van der Waals surface area contributed by atoms with Crippen LogP contribution in [0.5, 0.6) is 0 Å². The van der Waals surface area contributed by atoms with Crippen LogP contribution in [0.25, 0.3) is 10.9 Å². The fourth-order valence-electron chi connectivity index (χ4n) is 2.83. The number of nitrogens with one attached hydrogen (secondary N) is 1. The molecular formula is C16H22ClN5. The zero-order chi connectivity index (χ0) is 15.4. The molecule has 1 N–H and O–H groups in total. The van der Waals surface area contributed by atoms with E-state index in [1.807, 2.05) is 18.2 Å². The molecule has 6 heteroatoms. The number of hydrogen-bond acceptors (Lipinski definition) is 5. The van der Waals surface area contributed by atoms with Crippen molar-refractivity contribution in [1.82, 2.24) is 19.8 Å². The van der Waals surface area contributed by atoms with Gasteiger partial charge in [0.05, 0.1) is 5.52 Å². The number of likely N-dealkylation sites (N-methyl/N-ethyl adjacent to an activating group) is 1. The van der Waals surface area contributed by atoms with Gasteiger partial charge >= 0.3 is 0 Å². The summed E-state index contributed by atoms with van der Waals surface area (Å²) in [6, 6.07) is 5.72. The molecule has 22 heavy (non-hydrogen) atoms. The van der Waals surface area contributed by atoms with E-state index in [1.54, 1.807) is 6.33 Å². The predicted molar refractivity (Wildman–Crippen MR) is 91.6 cm³/mol. The van der Waals surface area contributed by atoms with E-state index >= 15 is 0 Å². The molecule has 0 spiro atoms. The highest BCUT2D eigenvalue weighted by molar-refractivity contribution is 6.31. The van der Waals surface area contributed by atoms with Crippen molar-refractivity contribution in [2.24, 2.45) is 0 Å². The molecule has 1 aliphatic heterocycles. The van der Waals surface area contributed by atoms with Gasteiger partial charge in [-0.2, -0.15) is 0 Å². The smallest absolute Gasteiger partial charge is 0.137 e. The van der Waals surface area contributed by atoms with Gasteiger partial charge in [-0.25, -0.2) is 9.97 Å². The van der Waals surface area contributed by atoms with E-state index in [0.29, 0.717) is 5.02 Å². The maximum Gasteiger partial charge on any atom is 0.137 e. The fraction of sp³-hybridized carbons (Fsp3) is 0.500. The van der Waals surface area contributed by atoms with Crippen LogP contribution in [0.3, 0.4) is 0 Å². The third-order valence-corrected chi connectivity index (χ3v) is 4.47. The molecule has 1 aromatic carbocycles. The maximum atomic E-state index is 6.01. The molecule has 5 nitrogen and oxygen atoms in total. The lowest BCUT2D eigenvalue weighted by Crippen LogP contribution is -2.47. The third-order valence-electron chi connectivity index (χ3n) is 4.23. The minimum atomic E-state index is 0.700. The van der Waals surface area contributed by atoms with Crippen molar-refractivity contribution >= 4 is 28.3 Å². The van der Waals surface area contributed by atoms with E-state index < -0.39 is 0 Å². The molecule has 118 valence electrons. The van der Waals surface area contributed by atoms with Crippen molar-refractivity contribution in [3.63, 3.8) is 0 Å². The highest BCUT2D eigenvalue weighted by Gasteiger charge is 2.14. The maximum absolute atomic E-state index is 6.01.